The fourth-order valence-electron chi connectivity index (χ4n) is 4.28. The number of nitrogens with zero attached hydrogens (tertiary/aromatic N) is 1. The monoisotopic (exact) mass is 422 g/mol. The van der Waals surface area contributed by atoms with Gasteiger partial charge >= 0.3 is 0 Å². The maximum Gasteiger partial charge on any atom is 0.251 e. The highest BCUT2D eigenvalue weighted by atomic mass is 16.5. The fraction of sp³-hybridized carbons (Fsp3) is 0.440. The lowest BCUT2D eigenvalue weighted by Gasteiger charge is -2.39. The molecule has 2 aromatic carbocycles. The lowest BCUT2D eigenvalue weighted by Crippen LogP contribution is -2.48. The number of carbonyl (C=O) groups is 1. The molecule has 166 valence electrons. The van der Waals surface area contributed by atoms with Gasteiger partial charge < -0.3 is 20.7 Å². The number of nitrogens with one attached hydrogen (secondary N) is 3. The van der Waals surface area contributed by atoms with Gasteiger partial charge in [0.05, 0.1) is 0 Å². The van der Waals surface area contributed by atoms with E-state index >= 15 is 0 Å². The smallest absolute Gasteiger partial charge is 0.251 e. The van der Waals surface area contributed by atoms with E-state index in [1.54, 1.807) is 14.1 Å². The molecule has 0 atom stereocenters. The van der Waals surface area contributed by atoms with E-state index in [9.17, 15) is 4.79 Å². The molecule has 0 spiro atoms. The zero-order valence-electron chi connectivity index (χ0n) is 18.8. The van der Waals surface area contributed by atoms with Gasteiger partial charge in [-0.15, -0.1) is 0 Å². The molecule has 3 N–H and O–H groups in total. The first kappa shape index (κ1) is 22.8. The van der Waals surface area contributed by atoms with Gasteiger partial charge in [-0.3, -0.25) is 9.79 Å². The van der Waals surface area contributed by atoms with Gasteiger partial charge in [-0.25, -0.2) is 0 Å². The first-order chi connectivity index (χ1) is 15.1. The second kappa shape index (κ2) is 11.0. The molecule has 0 radical (unpaired) electrons. The molecule has 6 heteroatoms. The van der Waals surface area contributed by atoms with Crippen molar-refractivity contribution in [2.75, 3.05) is 40.4 Å². The van der Waals surface area contributed by atoms with Crippen molar-refractivity contribution in [2.45, 2.75) is 31.6 Å². The Morgan fingerprint density at radius 2 is 1.87 bits per heavy atom. The topological polar surface area (TPSA) is 74.8 Å². The van der Waals surface area contributed by atoms with Crippen LogP contribution in [0.15, 0.2) is 53.5 Å². The number of carbonyl (C=O) groups excluding carboxylic acids is 1. The van der Waals surface area contributed by atoms with E-state index in [0.29, 0.717) is 5.56 Å². The van der Waals surface area contributed by atoms with Gasteiger partial charge in [-0.2, -0.15) is 0 Å². The number of guanidine groups is 1. The van der Waals surface area contributed by atoms with Crippen molar-refractivity contribution >= 4 is 11.9 Å². The molecule has 3 rings (SSSR count). The summed E-state index contributed by atoms with van der Waals surface area (Å²) in [4.78, 5) is 16.2. The third-order valence-electron chi connectivity index (χ3n) is 6.11. The maximum atomic E-state index is 11.8. The number of hydrogen-bond acceptors (Lipinski definition) is 3. The van der Waals surface area contributed by atoms with Gasteiger partial charge in [0.15, 0.2) is 5.96 Å². The second-order valence-electron chi connectivity index (χ2n) is 8.09. The molecule has 2 aromatic rings. The van der Waals surface area contributed by atoms with Crippen molar-refractivity contribution in [2.24, 2.45) is 4.99 Å². The first-order valence-corrected chi connectivity index (χ1v) is 11.0. The second-order valence-corrected chi connectivity index (χ2v) is 8.09. The molecular formula is C25H34N4O2. The largest absolute Gasteiger partial charge is 0.381 e. The van der Waals surface area contributed by atoms with Crippen molar-refractivity contribution in [1.29, 1.82) is 0 Å². The lowest BCUT2D eigenvalue weighted by atomic mass is 9.72. The Balaban J connectivity index is 1.59. The van der Waals surface area contributed by atoms with Crippen LogP contribution < -0.4 is 16.0 Å². The summed E-state index contributed by atoms with van der Waals surface area (Å²) in [6.45, 7) is 5.30. The molecule has 1 fully saturated rings. The molecule has 0 saturated carbocycles. The minimum atomic E-state index is -0.0646. The van der Waals surface area contributed by atoms with Crippen molar-refractivity contribution in [3.05, 3.63) is 70.8 Å². The summed E-state index contributed by atoms with van der Waals surface area (Å²) in [7, 11) is 3.44. The molecular weight excluding hydrogens is 388 g/mol. The standard InChI is InChI=1S/C25H34N4O2/c1-19-7-4-5-10-22(19)25(12-15-31-16-13-25)18-29-24(27-3)28-14-11-20-8-6-9-21(17-20)23(30)26-2/h4-10,17H,11-16,18H2,1-3H3,(H,26,30)(H2,27,28,29). The molecule has 1 heterocycles. The highest BCUT2D eigenvalue weighted by molar-refractivity contribution is 5.94. The van der Waals surface area contributed by atoms with E-state index in [-0.39, 0.29) is 11.3 Å². The minimum absolute atomic E-state index is 0.0447. The van der Waals surface area contributed by atoms with Crippen LogP contribution >= 0.6 is 0 Å². The molecule has 0 unspecified atom stereocenters. The number of aryl methyl sites for hydroxylation is 1. The fourth-order valence-corrected chi connectivity index (χ4v) is 4.28. The van der Waals surface area contributed by atoms with Crippen molar-refractivity contribution in [3.63, 3.8) is 0 Å². The van der Waals surface area contributed by atoms with Crippen molar-refractivity contribution in [1.82, 2.24) is 16.0 Å². The van der Waals surface area contributed by atoms with Crippen molar-refractivity contribution in [3.8, 4) is 0 Å². The zero-order valence-corrected chi connectivity index (χ0v) is 18.8. The Bertz CT molecular complexity index is 904. The zero-order chi connectivity index (χ0) is 22.1. The van der Waals surface area contributed by atoms with Crippen LogP contribution in [0.4, 0.5) is 0 Å². The van der Waals surface area contributed by atoms with Crippen LogP contribution in [0.5, 0.6) is 0 Å². The molecule has 0 bridgehead atoms. The molecule has 1 saturated heterocycles. The summed E-state index contributed by atoms with van der Waals surface area (Å²) in [5.41, 5.74) is 4.56. The number of amides is 1. The van der Waals surface area contributed by atoms with Gasteiger partial charge in [-0.05, 0) is 55.0 Å². The van der Waals surface area contributed by atoms with Crippen LogP contribution in [-0.4, -0.2) is 52.3 Å². The predicted molar refractivity (Wildman–Crippen MR) is 126 cm³/mol. The summed E-state index contributed by atoms with van der Waals surface area (Å²) >= 11 is 0. The van der Waals surface area contributed by atoms with E-state index in [2.05, 4.69) is 52.1 Å². The predicted octanol–water partition coefficient (Wildman–Crippen LogP) is 2.81. The minimum Gasteiger partial charge on any atom is -0.381 e. The van der Waals surface area contributed by atoms with Gasteiger partial charge in [0, 0.05) is 51.4 Å². The number of benzene rings is 2. The van der Waals surface area contributed by atoms with Crippen LogP contribution in [0.3, 0.4) is 0 Å². The quantitative estimate of drug-likeness (QED) is 0.474. The summed E-state index contributed by atoms with van der Waals surface area (Å²) in [5.74, 6) is 0.729. The SMILES string of the molecule is CN=C(NCCc1cccc(C(=O)NC)c1)NCC1(c2ccccc2C)CCOCC1. The summed E-state index contributed by atoms with van der Waals surface area (Å²) in [6, 6.07) is 16.4. The van der Waals surface area contributed by atoms with Crippen LogP contribution in [0.1, 0.15) is 39.9 Å². The summed E-state index contributed by atoms with van der Waals surface area (Å²) in [5, 5.41) is 9.63. The number of ether oxygens (including phenoxy) is 1. The van der Waals surface area contributed by atoms with Gasteiger partial charge in [0.2, 0.25) is 0 Å². The van der Waals surface area contributed by atoms with E-state index in [4.69, 9.17) is 4.74 Å². The summed E-state index contributed by atoms with van der Waals surface area (Å²) < 4.78 is 5.67. The molecule has 6 nitrogen and oxygen atoms in total. The number of rotatable bonds is 7. The average molecular weight is 423 g/mol. The molecule has 1 aliphatic heterocycles. The number of aliphatic imine (C=N–C) groups is 1. The third kappa shape index (κ3) is 5.85. The maximum absolute atomic E-state index is 11.8. The average Bonchev–Trinajstić information content (AvgIpc) is 2.81. The van der Waals surface area contributed by atoms with Crippen LogP contribution in [0, 0.1) is 6.92 Å². The highest BCUT2D eigenvalue weighted by Crippen LogP contribution is 2.36. The van der Waals surface area contributed by atoms with E-state index in [1.807, 2.05) is 24.3 Å². The molecule has 0 aromatic heterocycles. The summed E-state index contributed by atoms with van der Waals surface area (Å²) in [6.07, 6.45) is 2.80. The van der Waals surface area contributed by atoms with Gasteiger partial charge in [0.25, 0.3) is 5.91 Å². The Morgan fingerprint density at radius 3 is 2.58 bits per heavy atom. The molecule has 31 heavy (non-hydrogen) atoms. The number of hydrogen-bond donors (Lipinski definition) is 3. The van der Waals surface area contributed by atoms with Crippen LogP contribution in [-0.2, 0) is 16.6 Å². The van der Waals surface area contributed by atoms with E-state index in [1.165, 1.54) is 11.1 Å². The molecule has 1 amide bonds. The normalized spacial score (nSPS) is 15.9. The molecule has 1 aliphatic rings. The van der Waals surface area contributed by atoms with Crippen LogP contribution in [0.25, 0.3) is 0 Å². The van der Waals surface area contributed by atoms with E-state index in [0.717, 1.165) is 57.1 Å². The van der Waals surface area contributed by atoms with Crippen molar-refractivity contribution < 1.29 is 9.53 Å². The Kier molecular flexibility index (Phi) is 8.06. The molecule has 0 aliphatic carbocycles. The lowest BCUT2D eigenvalue weighted by molar-refractivity contribution is 0.0512. The third-order valence-corrected chi connectivity index (χ3v) is 6.11. The van der Waals surface area contributed by atoms with Gasteiger partial charge in [-0.1, -0.05) is 36.4 Å². The Morgan fingerprint density at radius 1 is 1.10 bits per heavy atom. The Hall–Kier alpha value is -2.86. The van der Waals surface area contributed by atoms with Gasteiger partial charge in [0.1, 0.15) is 0 Å². The highest BCUT2D eigenvalue weighted by Gasteiger charge is 2.35. The first-order valence-electron chi connectivity index (χ1n) is 11.0. The van der Waals surface area contributed by atoms with Crippen LogP contribution in [0.2, 0.25) is 0 Å². The Labute approximate surface area is 185 Å². The van der Waals surface area contributed by atoms with E-state index < -0.39 is 0 Å².